The monoisotopic (exact) mass is 334 g/mol. The lowest BCUT2D eigenvalue weighted by Crippen LogP contribution is -1.94. The van der Waals surface area contributed by atoms with Gasteiger partial charge < -0.3 is 14.4 Å². The van der Waals surface area contributed by atoms with Crippen LogP contribution in [-0.2, 0) is 7.05 Å². The number of nitrogens with zero attached hydrogens (tertiary/aromatic N) is 2. The van der Waals surface area contributed by atoms with E-state index in [0.29, 0.717) is 6.61 Å². The van der Waals surface area contributed by atoms with Crippen LogP contribution in [0, 0.1) is 6.92 Å². The lowest BCUT2D eigenvalue weighted by atomic mass is 10.2. The van der Waals surface area contributed by atoms with E-state index in [9.17, 15) is 5.11 Å². The van der Waals surface area contributed by atoms with Crippen LogP contribution >= 0.6 is 0 Å². The Morgan fingerprint density at radius 1 is 1.04 bits per heavy atom. The summed E-state index contributed by atoms with van der Waals surface area (Å²) in [5, 5.41) is 13.7. The minimum Gasteiger partial charge on any atom is -0.494 e. The summed E-state index contributed by atoms with van der Waals surface area (Å²) in [6.45, 7) is 4.85. The van der Waals surface area contributed by atoms with Crippen LogP contribution in [0.1, 0.15) is 19.0 Å². The molecule has 2 aromatic carbocycles. The van der Waals surface area contributed by atoms with Gasteiger partial charge in [0, 0.05) is 46.3 Å². The Morgan fingerprint density at radius 2 is 1.88 bits per heavy atom. The molecule has 2 aromatic heterocycles. The van der Waals surface area contributed by atoms with Crippen LogP contribution in [-0.4, -0.2) is 20.8 Å². The molecule has 0 spiro atoms. The third-order valence-corrected chi connectivity index (χ3v) is 4.78. The summed E-state index contributed by atoms with van der Waals surface area (Å²) in [5.74, 6) is 1.03. The van der Waals surface area contributed by atoms with Crippen molar-refractivity contribution in [2.24, 2.45) is 7.05 Å². The van der Waals surface area contributed by atoms with Gasteiger partial charge in [-0.05, 0) is 55.8 Å². The molecule has 0 amide bonds. The number of aromatic hydroxyl groups is 1. The number of fused-ring (bicyclic) bond motifs is 2. The average Bonchev–Trinajstić information content (AvgIpc) is 3.10. The number of aryl methyl sites for hydroxylation is 2. The Bertz CT molecular complexity index is 1070. The highest BCUT2D eigenvalue weighted by atomic mass is 16.5. The van der Waals surface area contributed by atoms with Gasteiger partial charge in [0.1, 0.15) is 5.75 Å². The summed E-state index contributed by atoms with van der Waals surface area (Å²) in [7, 11) is 2.07. The zero-order valence-corrected chi connectivity index (χ0v) is 14.8. The van der Waals surface area contributed by atoms with Gasteiger partial charge in [-0.25, -0.2) is 0 Å². The van der Waals surface area contributed by atoms with Crippen molar-refractivity contribution in [1.82, 2.24) is 9.13 Å². The van der Waals surface area contributed by atoms with Crippen LogP contribution < -0.4 is 4.74 Å². The van der Waals surface area contributed by atoms with Crippen molar-refractivity contribution in [3.05, 3.63) is 54.4 Å². The first kappa shape index (κ1) is 15.6. The summed E-state index contributed by atoms with van der Waals surface area (Å²) >= 11 is 0. The van der Waals surface area contributed by atoms with Crippen LogP contribution in [0.5, 0.6) is 11.6 Å². The molecule has 4 heteroatoms. The van der Waals surface area contributed by atoms with E-state index >= 15 is 0 Å². The standard InChI is InChI=1S/C21H22N2O2/c1-4-9-25-18-7-5-15-13-23(21(24)19(15)12-18)17-6-8-20-16(11-17)10-14(2)22(20)3/h5-8,10-13,24H,4,9H2,1-3H3. The normalized spacial score (nSPS) is 11.5. The van der Waals surface area contributed by atoms with Crippen molar-refractivity contribution in [2.75, 3.05) is 6.61 Å². The summed E-state index contributed by atoms with van der Waals surface area (Å²) in [4.78, 5) is 0. The molecular weight excluding hydrogens is 312 g/mol. The Balaban J connectivity index is 1.82. The van der Waals surface area contributed by atoms with Gasteiger partial charge in [-0.1, -0.05) is 6.92 Å². The SMILES string of the molecule is CCCOc1ccc2cn(-c3ccc4c(c3)cc(C)n4C)c(O)c2c1. The fourth-order valence-corrected chi connectivity index (χ4v) is 3.30. The topological polar surface area (TPSA) is 39.3 Å². The molecule has 2 heterocycles. The molecule has 4 nitrogen and oxygen atoms in total. The minimum absolute atomic E-state index is 0.240. The molecule has 0 fully saturated rings. The molecule has 128 valence electrons. The Morgan fingerprint density at radius 3 is 2.68 bits per heavy atom. The number of hydrogen-bond acceptors (Lipinski definition) is 2. The van der Waals surface area contributed by atoms with Gasteiger partial charge in [0.05, 0.1) is 6.61 Å². The largest absolute Gasteiger partial charge is 0.494 e. The Kier molecular flexibility index (Phi) is 3.68. The third kappa shape index (κ3) is 2.54. The predicted octanol–water partition coefficient (Wildman–Crippen LogP) is 4.93. The van der Waals surface area contributed by atoms with Crippen LogP contribution in [0.25, 0.3) is 27.4 Å². The number of benzene rings is 2. The molecule has 0 unspecified atom stereocenters. The molecule has 0 aliphatic carbocycles. The van der Waals surface area contributed by atoms with Crippen molar-refractivity contribution >= 4 is 21.7 Å². The second-order valence-electron chi connectivity index (χ2n) is 6.51. The van der Waals surface area contributed by atoms with Crippen molar-refractivity contribution < 1.29 is 9.84 Å². The number of aromatic nitrogens is 2. The maximum Gasteiger partial charge on any atom is 0.203 e. The van der Waals surface area contributed by atoms with Crippen molar-refractivity contribution in [1.29, 1.82) is 0 Å². The fourth-order valence-electron chi connectivity index (χ4n) is 3.30. The summed E-state index contributed by atoms with van der Waals surface area (Å²) < 4.78 is 9.68. The number of rotatable bonds is 4. The van der Waals surface area contributed by atoms with Crippen LogP contribution in [0.2, 0.25) is 0 Å². The van der Waals surface area contributed by atoms with Gasteiger partial charge in [-0.15, -0.1) is 0 Å². The van der Waals surface area contributed by atoms with Gasteiger partial charge in [-0.2, -0.15) is 0 Å². The van der Waals surface area contributed by atoms with E-state index in [2.05, 4.69) is 43.7 Å². The highest BCUT2D eigenvalue weighted by Gasteiger charge is 2.12. The molecule has 0 saturated heterocycles. The van der Waals surface area contributed by atoms with Crippen molar-refractivity contribution in [2.45, 2.75) is 20.3 Å². The number of ether oxygens (including phenoxy) is 1. The molecule has 0 bridgehead atoms. The molecule has 1 N–H and O–H groups in total. The second kappa shape index (κ2) is 5.88. The van der Waals surface area contributed by atoms with E-state index in [-0.39, 0.29) is 5.88 Å². The second-order valence-corrected chi connectivity index (χ2v) is 6.51. The Labute approximate surface area is 146 Å². The quantitative estimate of drug-likeness (QED) is 0.575. The van der Waals surface area contributed by atoms with Crippen LogP contribution in [0.4, 0.5) is 0 Å². The highest BCUT2D eigenvalue weighted by molar-refractivity contribution is 5.91. The van der Waals surface area contributed by atoms with E-state index in [1.54, 1.807) is 0 Å². The summed E-state index contributed by atoms with van der Waals surface area (Å²) in [5.41, 5.74) is 3.35. The van der Waals surface area contributed by atoms with E-state index in [1.165, 1.54) is 16.6 Å². The van der Waals surface area contributed by atoms with E-state index in [4.69, 9.17) is 4.74 Å². The first-order chi connectivity index (χ1) is 12.1. The molecule has 0 aliphatic rings. The zero-order chi connectivity index (χ0) is 17.6. The van der Waals surface area contributed by atoms with E-state index in [0.717, 1.165) is 28.6 Å². The van der Waals surface area contributed by atoms with Crippen LogP contribution in [0.15, 0.2) is 48.7 Å². The van der Waals surface area contributed by atoms with Crippen LogP contribution in [0.3, 0.4) is 0 Å². The maximum absolute atomic E-state index is 10.7. The van der Waals surface area contributed by atoms with Gasteiger partial charge in [-0.3, -0.25) is 4.57 Å². The molecule has 0 atom stereocenters. The van der Waals surface area contributed by atoms with E-state index < -0.39 is 0 Å². The molecule has 4 aromatic rings. The lowest BCUT2D eigenvalue weighted by molar-refractivity contribution is 0.318. The first-order valence-electron chi connectivity index (χ1n) is 8.62. The Hall–Kier alpha value is -2.88. The van der Waals surface area contributed by atoms with Crippen molar-refractivity contribution in [3.8, 4) is 17.3 Å². The molecule has 4 rings (SSSR count). The van der Waals surface area contributed by atoms with Crippen molar-refractivity contribution in [3.63, 3.8) is 0 Å². The molecular formula is C21H22N2O2. The van der Waals surface area contributed by atoms with Gasteiger partial charge >= 0.3 is 0 Å². The fraction of sp³-hybridized carbons (Fsp3) is 0.238. The molecule has 25 heavy (non-hydrogen) atoms. The van der Waals surface area contributed by atoms with E-state index in [1.807, 2.05) is 35.0 Å². The lowest BCUT2D eigenvalue weighted by Gasteiger charge is -2.06. The average molecular weight is 334 g/mol. The molecule has 0 radical (unpaired) electrons. The maximum atomic E-state index is 10.7. The predicted molar refractivity (Wildman–Crippen MR) is 102 cm³/mol. The summed E-state index contributed by atoms with van der Waals surface area (Å²) in [6, 6.07) is 14.2. The highest BCUT2D eigenvalue weighted by Crippen LogP contribution is 2.34. The van der Waals surface area contributed by atoms with Gasteiger partial charge in [0.2, 0.25) is 5.88 Å². The first-order valence-corrected chi connectivity index (χ1v) is 8.62. The third-order valence-electron chi connectivity index (χ3n) is 4.78. The minimum atomic E-state index is 0.240. The smallest absolute Gasteiger partial charge is 0.203 e. The van der Waals surface area contributed by atoms with Gasteiger partial charge in [0.25, 0.3) is 0 Å². The molecule has 0 saturated carbocycles. The zero-order valence-electron chi connectivity index (χ0n) is 14.8. The summed E-state index contributed by atoms with van der Waals surface area (Å²) in [6.07, 6.45) is 2.92. The number of hydrogen-bond donors (Lipinski definition) is 1. The van der Waals surface area contributed by atoms with Gasteiger partial charge in [0.15, 0.2) is 0 Å². The molecule has 0 aliphatic heterocycles.